The summed E-state index contributed by atoms with van der Waals surface area (Å²) in [5.74, 6) is 1.84. The molecule has 1 N–H and O–H groups in total. The summed E-state index contributed by atoms with van der Waals surface area (Å²) >= 11 is 0. The summed E-state index contributed by atoms with van der Waals surface area (Å²) in [4.78, 5) is 8.81. The van der Waals surface area contributed by atoms with Crippen LogP contribution in [-0.4, -0.2) is 16.5 Å². The number of hydrogen-bond donors (Lipinski definition) is 1. The maximum Gasteiger partial charge on any atom is 0.132 e. The van der Waals surface area contributed by atoms with Crippen molar-refractivity contribution >= 4 is 5.82 Å². The Labute approximate surface area is 104 Å². The lowest BCUT2D eigenvalue weighted by atomic mass is 9.96. The highest BCUT2D eigenvalue weighted by Crippen LogP contribution is 2.24. The molecule has 0 spiro atoms. The summed E-state index contributed by atoms with van der Waals surface area (Å²) in [6.07, 6.45) is 8.99. The number of nitrogens with zero attached hydrogens (tertiary/aromatic N) is 2. The summed E-state index contributed by atoms with van der Waals surface area (Å²) in [7, 11) is 0. The highest BCUT2D eigenvalue weighted by Gasteiger charge is 2.15. The van der Waals surface area contributed by atoms with Crippen LogP contribution in [0, 0.1) is 5.92 Å². The molecule has 3 heteroatoms. The van der Waals surface area contributed by atoms with Gasteiger partial charge in [0, 0.05) is 17.8 Å². The molecule has 1 aromatic heterocycles. The molecule has 94 valence electrons. The van der Waals surface area contributed by atoms with E-state index in [1.807, 2.05) is 0 Å². The lowest BCUT2D eigenvalue weighted by Crippen LogP contribution is -2.17. The van der Waals surface area contributed by atoms with Crippen LogP contribution >= 0.6 is 0 Å². The SMILES string of the molecule is CCC(CC)CNc1ncnc2c1CCCC2. The molecule has 0 saturated carbocycles. The highest BCUT2D eigenvalue weighted by atomic mass is 15.0. The molecule has 1 aromatic rings. The second kappa shape index (κ2) is 5.99. The fraction of sp³-hybridized carbons (Fsp3) is 0.714. The lowest BCUT2D eigenvalue weighted by Gasteiger charge is -2.20. The van der Waals surface area contributed by atoms with Gasteiger partial charge in [0.15, 0.2) is 0 Å². The summed E-state index contributed by atoms with van der Waals surface area (Å²) in [5.41, 5.74) is 2.63. The van der Waals surface area contributed by atoms with Gasteiger partial charge >= 0.3 is 0 Å². The minimum Gasteiger partial charge on any atom is -0.369 e. The van der Waals surface area contributed by atoms with Gasteiger partial charge in [-0.1, -0.05) is 26.7 Å². The molecule has 0 amide bonds. The monoisotopic (exact) mass is 233 g/mol. The van der Waals surface area contributed by atoms with Gasteiger partial charge < -0.3 is 5.32 Å². The number of aryl methyl sites for hydroxylation is 1. The Hall–Kier alpha value is -1.12. The Morgan fingerprint density at radius 2 is 1.94 bits per heavy atom. The fourth-order valence-electron chi connectivity index (χ4n) is 2.49. The zero-order valence-electron chi connectivity index (χ0n) is 11.0. The Bertz CT molecular complexity index is 358. The fourth-order valence-corrected chi connectivity index (χ4v) is 2.49. The predicted molar refractivity (Wildman–Crippen MR) is 71.2 cm³/mol. The molecule has 0 atom stereocenters. The van der Waals surface area contributed by atoms with Crippen LogP contribution in [0.15, 0.2) is 6.33 Å². The third-order valence-electron chi connectivity index (χ3n) is 3.84. The molecule has 17 heavy (non-hydrogen) atoms. The second-order valence-electron chi connectivity index (χ2n) is 4.92. The Morgan fingerprint density at radius 3 is 2.71 bits per heavy atom. The number of nitrogens with one attached hydrogen (secondary N) is 1. The second-order valence-corrected chi connectivity index (χ2v) is 4.92. The molecule has 0 aliphatic heterocycles. The molecule has 0 saturated heterocycles. The molecule has 1 heterocycles. The van der Waals surface area contributed by atoms with Crippen LogP contribution in [-0.2, 0) is 12.8 Å². The van der Waals surface area contributed by atoms with Crippen molar-refractivity contribution in [1.82, 2.24) is 9.97 Å². The van der Waals surface area contributed by atoms with Gasteiger partial charge in [-0.2, -0.15) is 0 Å². The van der Waals surface area contributed by atoms with Crippen molar-refractivity contribution in [2.45, 2.75) is 52.4 Å². The molecule has 1 aliphatic carbocycles. The predicted octanol–water partition coefficient (Wildman–Crippen LogP) is 3.20. The standard InChI is InChI=1S/C14H23N3/c1-3-11(4-2)9-15-14-12-7-5-6-8-13(12)16-10-17-14/h10-11H,3-9H2,1-2H3,(H,15,16,17). The third kappa shape index (κ3) is 2.96. The van der Waals surface area contributed by atoms with Gasteiger partial charge in [-0.15, -0.1) is 0 Å². The van der Waals surface area contributed by atoms with Crippen molar-refractivity contribution in [1.29, 1.82) is 0 Å². The van der Waals surface area contributed by atoms with E-state index < -0.39 is 0 Å². The molecule has 0 aromatic carbocycles. The van der Waals surface area contributed by atoms with E-state index >= 15 is 0 Å². The molecule has 3 nitrogen and oxygen atoms in total. The van der Waals surface area contributed by atoms with Crippen molar-refractivity contribution in [2.75, 3.05) is 11.9 Å². The van der Waals surface area contributed by atoms with Gasteiger partial charge in [0.25, 0.3) is 0 Å². The van der Waals surface area contributed by atoms with Crippen LogP contribution in [0.3, 0.4) is 0 Å². The van der Waals surface area contributed by atoms with Crippen LogP contribution < -0.4 is 5.32 Å². The topological polar surface area (TPSA) is 37.8 Å². The molecular formula is C14H23N3. The van der Waals surface area contributed by atoms with E-state index in [1.54, 1.807) is 6.33 Å². The van der Waals surface area contributed by atoms with Gasteiger partial charge in [-0.05, 0) is 31.6 Å². The molecule has 1 aliphatic rings. The van der Waals surface area contributed by atoms with Crippen molar-refractivity contribution in [3.63, 3.8) is 0 Å². The quantitative estimate of drug-likeness (QED) is 0.848. The third-order valence-corrected chi connectivity index (χ3v) is 3.84. The first-order chi connectivity index (χ1) is 8.35. The first-order valence-electron chi connectivity index (χ1n) is 6.91. The summed E-state index contributed by atoms with van der Waals surface area (Å²) < 4.78 is 0. The molecule has 0 unspecified atom stereocenters. The van der Waals surface area contributed by atoms with Gasteiger partial charge in [0.2, 0.25) is 0 Å². The number of anilines is 1. The summed E-state index contributed by atoms with van der Waals surface area (Å²) in [6, 6.07) is 0. The van der Waals surface area contributed by atoms with Crippen LogP contribution in [0.25, 0.3) is 0 Å². The largest absolute Gasteiger partial charge is 0.369 e. The zero-order valence-corrected chi connectivity index (χ0v) is 11.0. The highest BCUT2D eigenvalue weighted by molar-refractivity contribution is 5.46. The van der Waals surface area contributed by atoms with Crippen LogP contribution in [0.4, 0.5) is 5.82 Å². The summed E-state index contributed by atoms with van der Waals surface area (Å²) in [6.45, 7) is 5.55. The van der Waals surface area contributed by atoms with E-state index in [1.165, 1.54) is 36.9 Å². The number of aromatic nitrogens is 2. The van der Waals surface area contributed by atoms with Gasteiger partial charge in [0.1, 0.15) is 12.1 Å². The van der Waals surface area contributed by atoms with Gasteiger partial charge in [-0.3, -0.25) is 0 Å². The number of rotatable bonds is 5. The number of hydrogen-bond acceptors (Lipinski definition) is 3. The Balaban J connectivity index is 2.05. The molecule has 0 bridgehead atoms. The average Bonchev–Trinajstić information content (AvgIpc) is 2.40. The van der Waals surface area contributed by atoms with Crippen molar-refractivity contribution in [2.24, 2.45) is 5.92 Å². The maximum absolute atomic E-state index is 4.41. The molecule has 2 rings (SSSR count). The first-order valence-corrected chi connectivity index (χ1v) is 6.91. The van der Waals surface area contributed by atoms with Gasteiger partial charge in [-0.25, -0.2) is 9.97 Å². The van der Waals surface area contributed by atoms with Gasteiger partial charge in [0.05, 0.1) is 0 Å². The smallest absolute Gasteiger partial charge is 0.132 e. The van der Waals surface area contributed by atoms with Crippen molar-refractivity contribution < 1.29 is 0 Å². The maximum atomic E-state index is 4.41. The van der Waals surface area contributed by atoms with E-state index in [0.29, 0.717) is 0 Å². The number of fused-ring (bicyclic) bond motifs is 1. The van der Waals surface area contributed by atoms with Crippen LogP contribution in [0.5, 0.6) is 0 Å². The molecule has 0 fully saturated rings. The minimum atomic E-state index is 0.754. The van der Waals surface area contributed by atoms with E-state index in [9.17, 15) is 0 Å². The van der Waals surface area contributed by atoms with E-state index in [0.717, 1.165) is 31.1 Å². The molecular weight excluding hydrogens is 210 g/mol. The molecule has 0 radical (unpaired) electrons. The Morgan fingerprint density at radius 1 is 1.18 bits per heavy atom. The zero-order chi connectivity index (χ0) is 12.1. The Kier molecular flexibility index (Phi) is 4.35. The van der Waals surface area contributed by atoms with E-state index in [2.05, 4.69) is 29.1 Å². The minimum absolute atomic E-state index is 0.754. The average molecular weight is 233 g/mol. The van der Waals surface area contributed by atoms with Crippen molar-refractivity contribution in [3.8, 4) is 0 Å². The van der Waals surface area contributed by atoms with Crippen LogP contribution in [0.2, 0.25) is 0 Å². The van der Waals surface area contributed by atoms with E-state index in [-0.39, 0.29) is 0 Å². The summed E-state index contributed by atoms with van der Waals surface area (Å²) in [5, 5.41) is 3.52. The van der Waals surface area contributed by atoms with Crippen LogP contribution in [0.1, 0.15) is 50.8 Å². The first kappa shape index (κ1) is 12.3. The van der Waals surface area contributed by atoms with Crippen molar-refractivity contribution in [3.05, 3.63) is 17.6 Å². The normalized spacial score (nSPS) is 14.8. The van der Waals surface area contributed by atoms with E-state index in [4.69, 9.17) is 0 Å². The lowest BCUT2D eigenvalue weighted by molar-refractivity contribution is 0.517.